The first kappa shape index (κ1) is 27.0. The number of anilines is 2. The third kappa shape index (κ3) is 5.39. The van der Waals surface area contributed by atoms with E-state index in [4.69, 9.17) is 4.74 Å². The Labute approximate surface area is 235 Å². The van der Waals surface area contributed by atoms with Crippen molar-refractivity contribution >= 4 is 28.4 Å². The maximum atomic E-state index is 15.1. The zero-order valence-electron chi connectivity index (χ0n) is 21.8. The molecule has 0 bridgehead atoms. The number of hydrogen-bond donors (Lipinski definition) is 4. The highest BCUT2D eigenvalue weighted by Gasteiger charge is 2.26. The van der Waals surface area contributed by atoms with Crippen LogP contribution in [0.5, 0.6) is 11.5 Å². The number of rotatable bonds is 7. The molecule has 42 heavy (non-hydrogen) atoms. The topological polar surface area (TPSA) is 139 Å². The number of carbonyl (C=O) groups excluding carboxylic acids is 1. The molecule has 11 nitrogen and oxygen atoms in total. The second-order valence-electron chi connectivity index (χ2n) is 9.49. The zero-order valence-corrected chi connectivity index (χ0v) is 21.8. The van der Waals surface area contributed by atoms with Crippen LogP contribution in [0.15, 0.2) is 71.9 Å². The number of H-pyrrole nitrogens is 1. The number of nitrogens with one attached hydrogen (secondary N) is 4. The summed E-state index contributed by atoms with van der Waals surface area (Å²) >= 11 is 0. The van der Waals surface area contributed by atoms with E-state index in [2.05, 4.69) is 36.1 Å². The minimum atomic E-state index is -1.12. The van der Waals surface area contributed by atoms with E-state index < -0.39 is 41.0 Å². The Morgan fingerprint density at radius 1 is 1.05 bits per heavy atom. The predicted molar refractivity (Wildman–Crippen MR) is 148 cm³/mol. The first-order valence-corrected chi connectivity index (χ1v) is 12.9. The van der Waals surface area contributed by atoms with Gasteiger partial charge in [0.15, 0.2) is 28.7 Å². The number of fused-ring (bicyclic) bond motifs is 1. The molecule has 14 heteroatoms. The molecule has 4 heterocycles. The summed E-state index contributed by atoms with van der Waals surface area (Å²) in [6.45, 7) is 0.876. The van der Waals surface area contributed by atoms with Crippen LogP contribution >= 0.6 is 0 Å². The molecule has 2 atom stereocenters. The molecule has 1 fully saturated rings. The maximum Gasteiger partial charge on any atom is 0.286 e. The Kier molecular flexibility index (Phi) is 7.27. The van der Waals surface area contributed by atoms with Crippen LogP contribution in [-0.4, -0.2) is 55.9 Å². The van der Waals surface area contributed by atoms with Crippen LogP contribution in [0.4, 0.5) is 24.7 Å². The van der Waals surface area contributed by atoms with Gasteiger partial charge in [-0.3, -0.25) is 19.3 Å². The number of ether oxygens (including phenoxy) is 1. The predicted octanol–water partition coefficient (Wildman–Crippen LogP) is 3.94. The average molecular weight is 577 g/mol. The number of alkyl halides is 1. The fourth-order valence-corrected chi connectivity index (χ4v) is 4.61. The molecule has 0 unspecified atom stereocenters. The number of aromatic nitrogens is 5. The first-order chi connectivity index (χ1) is 20.4. The third-order valence-electron chi connectivity index (χ3n) is 6.72. The number of amides is 1. The number of benzene rings is 2. The zero-order chi connectivity index (χ0) is 29.2. The lowest BCUT2D eigenvalue weighted by Gasteiger charge is -2.27. The highest BCUT2D eigenvalue weighted by Crippen LogP contribution is 2.35. The average Bonchev–Trinajstić information content (AvgIpc) is 3.40. The van der Waals surface area contributed by atoms with Crippen LogP contribution in [-0.2, 0) is 0 Å². The van der Waals surface area contributed by atoms with E-state index in [0.717, 1.165) is 10.6 Å². The summed E-state index contributed by atoms with van der Waals surface area (Å²) in [4.78, 5) is 33.8. The van der Waals surface area contributed by atoms with Crippen molar-refractivity contribution < 1.29 is 22.7 Å². The molecule has 1 saturated heterocycles. The minimum Gasteiger partial charge on any atom is -0.453 e. The molecule has 6 rings (SSSR count). The molecule has 1 amide bonds. The fourth-order valence-electron chi connectivity index (χ4n) is 4.61. The summed E-state index contributed by atoms with van der Waals surface area (Å²) in [7, 11) is 0. The Morgan fingerprint density at radius 2 is 1.88 bits per heavy atom. The second-order valence-corrected chi connectivity index (χ2v) is 9.49. The normalized spacial score (nSPS) is 16.7. The van der Waals surface area contributed by atoms with Crippen molar-refractivity contribution in [2.24, 2.45) is 0 Å². The highest BCUT2D eigenvalue weighted by molar-refractivity contribution is 6.02. The number of carbonyl (C=O) groups is 1. The number of aromatic amines is 1. The Bertz CT molecular complexity index is 1830. The molecule has 4 N–H and O–H groups in total. The van der Waals surface area contributed by atoms with Crippen LogP contribution in [0, 0.1) is 11.6 Å². The lowest BCUT2D eigenvalue weighted by molar-refractivity contribution is 0.102. The van der Waals surface area contributed by atoms with E-state index in [-0.39, 0.29) is 23.7 Å². The Balaban J connectivity index is 1.21. The number of pyridine rings is 1. The maximum absolute atomic E-state index is 15.1. The summed E-state index contributed by atoms with van der Waals surface area (Å²) in [6.07, 6.45) is 3.48. The van der Waals surface area contributed by atoms with Gasteiger partial charge in [0.05, 0.1) is 6.04 Å². The smallest absolute Gasteiger partial charge is 0.286 e. The van der Waals surface area contributed by atoms with Crippen molar-refractivity contribution in [1.82, 2.24) is 30.0 Å². The number of hydrogen-bond acceptors (Lipinski definition) is 8. The molecule has 1 aliphatic heterocycles. The van der Waals surface area contributed by atoms with Gasteiger partial charge in [-0.05, 0) is 49.4 Å². The van der Waals surface area contributed by atoms with E-state index in [1.165, 1.54) is 61.1 Å². The molecule has 5 aromatic rings. The minimum absolute atomic E-state index is 0.0497. The number of piperidine rings is 1. The molecule has 0 radical (unpaired) electrons. The fraction of sp³-hybridized carbons (Fsp3) is 0.179. The summed E-state index contributed by atoms with van der Waals surface area (Å²) < 4.78 is 49.8. The Morgan fingerprint density at radius 3 is 2.67 bits per heavy atom. The molecule has 0 saturated carbocycles. The third-order valence-corrected chi connectivity index (χ3v) is 6.72. The van der Waals surface area contributed by atoms with E-state index in [0.29, 0.717) is 35.5 Å². The van der Waals surface area contributed by atoms with Crippen LogP contribution < -0.4 is 26.2 Å². The quantitative estimate of drug-likeness (QED) is 0.229. The van der Waals surface area contributed by atoms with Crippen LogP contribution in [0.2, 0.25) is 0 Å². The summed E-state index contributed by atoms with van der Waals surface area (Å²) in [6, 6.07) is 9.94. The van der Waals surface area contributed by atoms with Crippen molar-refractivity contribution in [3.8, 4) is 17.2 Å². The van der Waals surface area contributed by atoms with Crippen LogP contribution in [0.25, 0.3) is 16.7 Å². The van der Waals surface area contributed by atoms with E-state index >= 15 is 4.39 Å². The molecule has 2 aromatic carbocycles. The molecule has 214 valence electrons. The second kappa shape index (κ2) is 11.3. The van der Waals surface area contributed by atoms with Crippen molar-refractivity contribution in [1.29, 1.82) is 0 Å². The van der Waals surface area contributed by atoms with Crippen LogP contribution in [0.1, 0.15) is 16.9 Å². The number of halogens is 3. The first-order valence-electron chi connectivity index (χ1n) is 12.9. The van der Waals surface area contributed by atoms with E-state index in [9.17, 15) is 18.4 Å². The molecular weight excluding hydrogens is 553 g/mol. The van der Waals surface area contributed by atoms with Gasteiger partial charge in [-0.1, -0.05) is 0 Å². The number of nitrogens with zero attached hydrogens (tertiary/aromatic N) is 4. The van der Waals surface area contributed by atoms with E-state index in [1.54, 1.807) is 0 Å². The standard InChI is InChI=1S/C28H23F3N8O3/c29-15-1-4-17(5-2-15)39-12-11-33-24(28(39)41)27(40)35-16-3-6-21(18(30)13-16)42-22-8-10-34-25-23(22)26(38-37-25)36-20-7-9-32-14-19(20)31/h1-6,8,10-13,19-20,32H,7,9,14H2,(H,35,40)(H2,34,36,37,38)/t19-,20-/m0/s1. The van der Waals surface area contributed by atoms with Gasteiger partial charge in [0.25, 0.3) is 11.5 Å². The van der Waals surface area contributed by atoms with Crippen molar-refractivity contribution in [2.75, 3.05) is 23.7 Å². The van der Waals surface area contributed by atoms with Crippen molar-refractivity contribution in [2.45, 2.75) is 18.6 Å². The van der Waals surface area contributed by atoms with Crippen molar-refractivity contribution in [3.05, 3.63) is 94.8 Å². The van der Waals surface area contributed by atoms with Gasteiger partial charge < -0.3 is 20.7 Å². The SMILES string of the molecule is O=C(Nc1ccc(Oc2ccnc3[nH]nc(N[C@H]4CCNC[C@@H]4F)c23)c(F)c1)c1nccn(-c2ccc(F)cc2)c1=O. The van der Waals surface area contributed by atoms with Crippen molar-refractivity contribution in [3.63, 3.8) is 0 Å². The summed E-state index contributed by atoms with van der Waals surface area (Å²) in [5.74, 6) is -1.74. The van der Waals surface area contributed by atoms with Gasteiger partial charge >= 0.3 is 0 Å². The van der Waals surface area contributed by atoms with Gasteiger partial charge in [-0.2, -0.15) is 5.10 Å². The van der Waals surface area contributed by atoms with Gasteiger partial charge in [-0.15, -0.1) is 0 Å². The van der Waals surface area contributed by atoms with Gasteiger partial charge in [-0.25, -0.2) is 23.1 Å². The molecule has 0 spiro atoms. The lowest BCUT2D eigenvalue weighted by Crippen LogP contribution is -2.45. The summed E-state index contributed by atoms with van der Waals surface area (Å²) in [5, 5.41) is 15.9. The van der Waals surface area contributed by atoms with Gasteiger partial charge in [0.2, 0.25) is 0 Å². The molecule has 0 aliphatic carbocycles. The monoisotopic (exact) mass is 576 g/mol. The van der Waals surface area contributed by atoms with E-state index in [1.807, 2.05) is 0 Å². The highest BCUT2D eigenvalue weighted by atomic mass is 19.1. The molecule has 3 aromatic heterocycles. The molecular formula is C28H23F3N8O3. The molecule has 1 aliphatic rings. The summed E-state index contributed by atoms with van der Waals surface area (Å²) in [5.41, 5.74) is -0.423. The largest absolute Gasteiger partial charge is 0.453 e. The van der Waals surface area contributed by atoms with Gasteiger partial charge in [0, 0.05) is 48.6 Å². The lowest BCUT2D eigenvalue weighted by atomic mass is 10.0. The Hall–Kier alpha value is -5.24. The van der Waals surface area contributed by atoms with Gasteiger partial charge in [0.1, 0.15) is 23.1 Å². The van der Waals surface area contributed by atoms with Crippen LogP contribution in [0.3, 0.4) is 0 Å².